The largest absolute Gasteiger partial charge is 0.497 e. The van der Waals surface area contributed by atoms with E-state index in [0.717, 1.165) is 17.5 Å². The van der Waals surface area contributed by atoms with Crippen molar-refractivity contribution in [2.75, 3.05) is 19.0 Å². The fraction of sp³-hybridized carbons (Fsp3) is 0.484. The van der Waals surface area contributed by atoms with Crippen LogP contribution in [0.3, 0.4) is 0 Å². The van der Waals surface area contributed by atoms with Crippen LogP contribution in [0.2, 0.25) is 0 Å². The van der Waals surface area contributed by atoms with Gasteiger partial charge in [0.25, 0.3) is 5.91 Å². The molecule has 0 radical (unpaired) electrons. The second-order valence-electron chi connectivity index (χ2n) is 11.0. The number of nitrogens with two attached hydrogens (primary N) is 1. The molecule has 0 spiro atoms. The maximum absolute atomic E-state index is 14.2. The van der Waals surface area contributed by atoms with Gasteiger partial charge in [-0.3, -0.25) is 14.4 Å². The van der Waals surface area contributed by atoms with E-state index >= 15 is 0 Å². The van der Waals surface area contributed by atoms with Gasteiger partial charge < -0.3 is 30.7 Å². The molecule has 0 saturated heterocycles. The van der Waals surface area contributed by atoms with Gasteiger partial charge in [-0.25, -0.2) is 4.79 Å². The number of rotatable bonds is 13. The minimum Gasteiger partial charge on any atom is -0.497 e. The summed E-state index contributed by atoms with van der Waals surface area (Å²) in [6.07, 6.45) is 0.379. The summed E-state index contributed by atoms with van der Waals surface area (Å²) in [4.78, 5) is 54.1. The molecule has 0 aliphatic carbocycles. The zero-order chi connectivity index (χ0) is 30.7. The maximum atomic E-state index is 14.2. The highest BCUT2D eigenvalue weighted by atomic mass is 16.6. The first-order valence-electron chi connectivity index (χ1n) is 13.9. The van der Waals surface area contributed by atoms with Crippen LogP contribution < -0.4 is 21.1 Å². The molecule has 2 aromatic rings. The zero-order valence-corrected chi connectivity index (χ0v) is 25.2. The third kappa shape index (κ3) is 10.1. The number of hydrogen-bond acceptors (Lipinski definition) is 6. The van der Waals surface area contributed by atoms with Gasteiger partial charge >= 0.3 is 6.09 Å². The van der Waals surface area contributed by atoms with E-state index in [4.69, 9.17) is 15.2 Å². The molecule has 0 heterocycles. The van der Waals surface area contributed by atoms with E-state index in [1.165, 1.54) is 4.90 Å². The first kappa shape index (κ1) is 33.1. The number of carbonyl (C=O) groups excluding carboxylic acids is 4. The lowest BCUT2D eigenvalue weighted by Crippen LogP contribution is -2.53. The Hall–Kier alpha value is -4.08. The Morgan fingerprint density at radius 1 is 1.02 bits per heavy atom. The highest BCUT2D eigenvalue weighted by Gasteiger charge is 2.37. The third-order valence-electron chi connectivity index (χ3n) is 6.56. The molecule has 224 valence electrons. The lowest BCUT2D eigenvalue weighted by molar-refractivity contribution is -0.141. The van der Waals surface area contributed by atoms with Crippen LogP contribution in [0.15, 0.2) is 42.5 Å². The number of methoxy groups -OCH3 is 1. The van der Waals surface area contributed by atoms with Gasteiger partial charge in [0.1, 0.15) is 23.4 Å². The lowest BCUT2D eigenvalue weighted by Gasteiger charge is -2.35. The smallest absolute Gasteiger partial charge is 0.408 e. The van der Waals surface area contributed by atoms with Crippen molar-refractivity contribution in [1.82, 2.24) is 10.2 Å². The van der Waals surface area contributed by atoms with Gasteiger partial charge in [0, 0.05) is 18.7 Å². The Morgan fingerprint density at radius 3 is 2.24 bits per heavy atom. The normalized spacial score (nSPS) is 12.6. The Kier molecular flexibility index (Phi) is 12.2. The number of hydrogen-bond donors (Lipinski definition) is 3. The van der Waals surface area contributed by atoms with Crippen molar-refractivity contribution in [3.05, 3.63) is 59.2 Å². The minimum atomic E-state index is -1.14. The van der Waals surface area contributed by atoms with E-state index in [1.54, 1.807) is 52.1 Å². The van der Waals surface area contributed by atoms with E-state index in [0.29, 0.717) is 23.4 Å². The predicted octanol–water partition coefficient (Wildman–Crippen LogP) is 4.78. The van der Waals surface area contributed by atoms with Gasteiger partial charge in [0.2, 0.25) is 11.8 Å². The van der Waals surface area contributed by atoms with Crippen LogP contribution in [0.4, 0.5) is 10.5 Å². The number of benzene rings is 2. The molecule has 2 aromatic carbocycles. The molecular weight excluding hydrogens is 524 g/mol. The minimum absolute atomic E-state index is 0.0460. The zero-order valence-electron chi connectivity index (χ0n) is 25.2. The first-order valence-corrected chi connectivity index (χ1v) is 13.9. The van der Waals surface area contributed by atoms with Crippen molar-refractivity contribution < 1.29 is 28.7 Å². The average molecular weight is 569 g/mol. The average Bonchev–Trinajstić information content (AvgIpc) is 2.89. The Balaban J connectivity index is 2.58. The highest BCUT2D eigenvalue weighted by molar-refractivity contribution is 5.99. The van der Waals surface area contributed by atoms with Gasteiger partial charge in [0.05, 0.1) is 7.11 Å². The fourth-order valence-corrected chi connectivity index (χ4v) is 4.29. The Morgan fingerprint density at radius 2 is 1.68 bits per heavy atom. The van der Waals surface area contributed by atoms with Crippen LogP contribution in [-0.4, -0.2) is 54.0 Å². The number of alkyl carbamates (subject to hydrolysis) is 1. The molecule has 0 fully saturated rings. The number of carbonyl (C=O) groups is 4. The Bertz CT molecular complexity index is 1210. The fourth-order valence-electron chi connectivity index (χ4n) is 4.29. The monoisotopic (exact) mass is 568 g/mol. The van der Waals surface area contributed by atoms with Crippen molar-refractivity contribution >= 4 is 29.5 Å². The maximum Gasteiger partial charge on any atom is 0.408 e. The summed E-state index contributed by atoms with van der Waals surface area (Å²) in [6.45, 7) is 11.2. The number of primary amides is 1. The lowest BCUT2D eigenvalue weighted by atomic mass is 9.94. The number of aryl methyl sites for hydroxylation is 1. The molecule has 4 amide bonds. The molecule has 10 heteroatoms. The van der Waals surface area contributed by atoms with Crippen LogP contribution in [0.5, 0.6) is 5.75 Å². The van der Waals surface area contributed by atoms with Gasteiger partial charge in [-0.05, 0) is 88.4 Å². The number of nitrogens with one attached hydrogen (secondary N) is 2. The number of nitrogens with zero attached hydrogens (tertiary/aromatic N) is 1. The Labute approximate surface area is 242 Å². The van der Waals surface area contributed by atoms with Crippen molar-refractivity contribution in [1.29, 1.82) is 0 Å². The molecule has 2 unspecified atom stereocenters. The number of ether oxygens (including phenoxy) is 2. The van der Waals surface area contributed by atoms with E-state index in [2.05, 4.69) is 10.6 Å². The van der Waals surface area contributed by atoms with E-state index in [1.807, 2.05) is 39.0 Å². The first-order chi connectivity index (χ1) is 19.3. The summed E-state index contributed by atoms with van der Waals surface area (Å²) in [5.41, 5.74) is 7.61. The van der Waals surface area contributed by atoms with E-state index in [9.17, 15) is 19.2 Å². The van der Waals surface area contributed by atoms with E-state index in [-0.39, 0.29) is 19.4 Å². The van der Waals surface area contributed by atoms with Gasteiger partial charge in [0.15, 0.2) is 0 Å². The van der Waals surface area contributed by atoms with Crippen molar-refractivity contribution in [3.63, 3.8) is 0 Å². The van der Waals surface area contributed by atoms with Crippen LogP contribution in [0.25, 0.3) is 0 Å². The van der Waals surface area contributed by atoms with Crippen LogP contribution in [0, 0.1) is 13.8 Å². The van der Waals surface area contributed by atoms with Crippen LogP contribution in [0.1, 0.15) is 76.1 Å². The SMILES string of the molecule is CCCCN(C(=O)C(CCC(N)=O)NC(=O)OC(C)(C)C)C(C(=O)Nc1ccc(OC)cc1)c1cccc(C)c1C. The van der Waals surface area contributed by atoms with E-state index < -0.39 is 41.5 Å². The summed E-state index contributed by atoms with van der Waals surface area (Å²) in [5, 5.41) is 5.55. The third-order valence-corrected chi connectivity index (χ3v) is 6.56. The molecule has 0 saturated carbocycles. The molecule has 4 N–H and O–H groups in total. The number of amides is 4. The molecule has 0 aliphatic rings. The van der Waals surface area contributed by atoms with Gasteiger partial charge in [-0.2, -0.15) is 0 Å². The van der Waals surface area contributed by atoms with Gasteiger partial charge in [-0.15, -0.1) is 0 Å². The standard InChI is InChI=1S/C31H44N4O6/c1-8-9-19-35(29(38)25(17-18-26(32)36)34-30(39)41-31(4,5)6)27(24-12-10-11-20(2)21(24)3)28(37)33-22-13-15-23(40-7)16-14-22/h10-16,25,27H,8-9,17-19H2,1-7H3,(H2,32,36)(H,33,37)(H,34,39). The number of anilines is 1. The summed E-state index contributed by atoms with van der Waals surface area (Å²) >= 11 is 0. The summed E-state index contributed by atoms with van der Waals surface area (Å²) in [6, 6.07) is 10.3. The molecule has 10 nitrogen and oxygen atoms in total. The summed E-state index contributed by atoms with van der Waals surface area (Å²) in [7, 11) is 1.56. The van der Waals surface area contributed by atoms with Crippen molar-refractivity contribution in [2.24, 2.45) is 5.73 Å². The van der Waals surface area contributed by atoms with Gasteiger partial charge in [-0.1, -0.05) is 31.5 Å². The van der Waals surface area contributed by atoms with Crippen molar-refractivity contribution in [2.45, 2.75) is 84.9 Å². The second-order valence-corrected chi connectivity index (χ2v) is 11.0. The molecule has 0 bridgehead atoms. The summed E-state index contributed by atoms with van der Waals surface area (Å²) in [5.74, 6) is -0.905. The quantitative estimate of drug-likeness (QED) is 0.318. The molecule has 41 heavy (non-hydrogen) atoms. The molecule has 0 aromatic heterocycles. The van der Waals surface area contributed by atoms with Crippen LogP contribution in [-0.2, 0) is 19.1 Å². The molecule has 2 rings (SSSR count). The second kappa shape index (κ2) is 15.1. The molecular formula is C31H44N4O6. The number of unbranched alkanes of at least 4 members (excludes halogenated alkanes) is 1. The van der Waals surface area contributed by atoms with Crippen LogP contribution >= 0.6 is 0 Å². The van der Waals surface area contributed by atoms with Crippen molar-refractivity contribution in [3.8, 4) is 5.75 Å². The summed E-state index contributed by atoms with van der Waals surface area (Å²) < 4.78 is 10.6. The molecule has 2 atom stereocenters. The predicted molar refractivity (Wildman–Crippen MR) is 158 cm³/mol. The molecule has 0 aliphatic heterocycles. The highest BCUT2D eigenvalue weighted by Crippen LogP contribution is 2.29. The topological polar surface area (TPSA) is 140 Å².